The summed E-state index contributed by atoms with van der Waals surface area (Å²) < 4.78 is 0. The lowest BCUT2D eigenvalue weighted by atomic mass is 9.87. The molecule has 4 rings (SSSR count). The number of aromatic nitrogens is 1. The van der Waals surface area contributed by atoms with E-state index in [0.29, 0.717) is 13.0 Å². The van der Waals surface area contributed by atoms with Gasteiger partial charge in [-0.3, -0.25) is 9.69 Å². The number of aromatic amines is 1. The van der Waals surface area contributed by atoms with Crippen molar-refractivity contribution >= 4 is 22.8 Å². The third-order valence-electron chi connectivity index (χ3n) is 5.37. The standard InChI is InChI=1S/C23H25N3O2/c1-23(2,3)17-10-8-15(9-11-17)14-26-21(27)20(25-22(26)28)12-16-13-24-19-7-5-4-6-18(16)19/h4-11,13,20,24H,12,14H2,1-3H3,(H,25,28). The predicted octanol–water partition coefficient (Wildman–Crippen LogP) is 4.13. The Balaban J connectivity index is 1.48. The highest BCUT2D eigenvalue weighted by Gasteiger charge is 2.38. The number of H-pyrrole nitrogens is 1. The molecule has 3 aromatic rings. The molecular weight excluding hydrogens is 350 g/mol. The smallest absolute Gasteiger partial charge is 0.325 e. The van der Waals surface area contributed by atoms with E-state index in [4.69, 9.17) is 0 Å². The second-order valence-electron chi connectivity index (χ2n) is 8.44. The monoisotopic (exact) mass is 375 g/mol. The minimum absolute atomic E-state index is 0.0732. The van der Waals surface area contributed by atoms with E-state index in [9.17, 15) is 9.59 Å². The number of nitrogens with zero attached hydrogens (tertiary/aromatic N) is 1. The quantitative estimate of drug-likeness (QED) is 0.674. The SMILES string of the molecule is CC(C)(C)c1ccc(CN2C(=O)NC(Cc3c[nH]c4ccccc34)C2=O)cc1. The van der Waals surface area contributed by atoms with Gasteiger partial charge in [0.05, 0.1) is 6.54 Å². The van der Waals surface area contributed by atoms with Crippen molar-refractivity contribution in [2.75, 3.05) is 0 Å². The van der Waals surface area contributed by atoms with Crippen molar-refractivity contribution in [3.63, 3.8) is 0 Å². The van der Waals surface area contributed by atoms with Crippen molar-refractivity contribution in [1.82, 2.24) is 15.2 Å². The summed E-state index contributed by atoms with van der Waals surface area (Å²) in [6.07, 6.45) is 2.39. The van der Waals surface area contributed by atoms with Crippen LogP contribution in [0, 0.1) is 0 Å². The van der Waals surface area contributed by atoms with Crippen LogP contribution in [0.25, 0.3) is 10.9 Å². The molecule has 1 fully saturated rings. The molecule has 1 aliphatic heterocycles. The Hall–Kier alpha value is -3.08. The fourth-order valence-corrected chi connectivity index (χ4v) is 3.68. The average Bonchev–Trinajstić information content (AvgIpc) is 3.18. The van der Waals surface area contributed by atoms with Crippen molar-refractivity contribution in [3.8, 4) is 0 Å². The van der Waals surface area contributed by atoms with Crippen LogP contribution >= 0.6 is 0 Å². The second-order valence-corrected chi connectivity index (χ2v) is 8.44. The highest BCUT2D eigenvalue weighted by Crippen LogP contribution is 2.24. The Morgan fingerprint density at radius 3 is 2.43 bits per heavy atom. The fraction of sp³-hybridized carbons (Fsp3) is 0.304. The average molecular weight is 375 g/mol. The first-order valence-electron chi connectivity index (χ1n) is 9.59. The van der Waals surface area contributed by atoms with Gasteiger partial charge < -0.3 is 10.3 Å². The van der Waals surface area contributed by atoms with Gasteiger partial charge in [0, 0.05) is 23.5 Å². The first-order valence-corrected chi connectivity index (χ1v) is 9.59. The van der Waals surface area contributed by atoms with E-state index in [2.05, 4.69) is 43.2 Å². The lowest BCUT2D eigenvalue weighted by molar-refractivity contribution is -0.127. The van der Waals surface area contributed by atoms with Crippen LogP contribution in [0.1, 0.15) is 37.5 Å². The molecule has 144 valence electrons. The fourth-order valence-electron chi connectivity index (χ4n) is 3.68. The molecule has 1 atom stereocenters. The molecular formula is C23H25N3O2. The number of benzene rings is 2. The maximum atomic E-state index is 12.8. The van der Waals surface area contributed by atoms with Crippen molar-refractivity contribution in [2.45, 2.75) is 45.2 Å². The molecule has 1 unspecified atom stereocenters. The molecule has 0 bridgehead atoms. The summed E-state index contributed by atoms with van der Waals surface area (Å²) in [5.74, 6) is -0.171. The van der Waals surface area contributed by atoms with Gasteiger partial charge in [0.15, 0.2) is 0 Å². The van der Waals surface area contributed by atoms with Gasteiger partial charge in [-0.2, -0.15) is 0 Å². The van der Waals surface area contributed by atoms with Crippen LogP contribution in [0.4, 0.5) is 4.79 Å². The zero-order valence-corrected chi connectivity index (χ0v) is 16.5. The molecule has 1 saturated heterocycles. The Morgan fingerprint density at radius 2 is 1.71 bits per heavy atom. The van der Waals surface area contributed by atoms with E-state index in [1.54, 1.807) is 0 Å². The van der Waals surface area contributed by atoms with Crippen molar-refractivity contribution in [1.29, 1.82) is 0 Å². The number of carbonyl (C=O) groups is 2. The minimum Gasteiger partial charge on any atom is -0.361 e. The topological polar surface area (TPSA) is 65.2 Å². The highest BCUT2D eigenvalue weighted by molar-refractivity contribution is 6.04. The zero-order valence-electron chi connectivity index (χ0n) is 16.5. The predicted molar refractivity (Wildman–Crippen MR) is 110 cm³/mol. The number of hydrogen-bond acceptors (Lipinski definition) is 2. The lowest BCUT2D eigenvalue weighted by Gasteiger charge is -2.20. The van der Waals surface area contributed by atoms with Crippen LogP contribution in [0.3, 0.4) is 0 Å². The number of carbonyl (C=O) groups excluding carboxylic acids is 2. The van der Waals surface area contributed by atoms with Gasteiger partial charge in [-0.05, 0) is 28.2 Å². The maximum Gasteiger partial charge on any atom is 0.325 e. The molecule has 0 saturated carbocycles. The van der Waals surface area contributed by atoms with E-state index < -0.39 is 6.04 Å². The van der Waals surface area contributed by atoms with Gasteiger partial charge in [0.2, 0.25) is 0 Å². The molecule has 5 heteroatoms. The van der Waals surface area contributed by atoms with E-state index in [1.165, 1.54) is 10.5 Å². The van der Waals surface area contributed by atoms with Crippen molar-refractivity contribution in [3.05, 3.63) is 71.4 Å². The second kappa shape index (κ2) is 6.82. The molecule has 5 nitrogen and oxygen atoms in total. The van der Waals surface area contributed by atoms with E-state index in [-0.39, 0.29) is 17.4 Å². The molecule has 28 heavy (non-hydrogen) atoms. The summed E-state index contributed by atoms with van der Waals surface area (Å²) in [7, 11) is 0. The molecule has 2 N–H and O–H groups in total. The highest BCUT2D eigenvalue weighted by atomic mass is 16.2. The van der Waals surface area contributed by atoms with Crippen LogP contribution in [-0.2, 0) is 23.2 Å². The van der Waals surface area contributed by atoms with Crippen LogP contribution in [0.2, 0.25) is 0 Å². The number of imide groups is 1. The molecule has 3 amide bonds. The summed E-state index contributed by atoms with van der Waals surface area (Å²) in [6, 6.07) is 15.2. The molecule has 1 aromatic heterocycles. The summed E-state index contributed by atoms with van der Waals surface area (Å²) in [5, 5.41) is 3.92. The van der Waals surface area contributed by atoms with Crippen molar-refractivity contribution < 1.29 is 9.59 Å². The Kier molecular flexibility index (Phi) is 4.46. The summed E-state index contributed by atoms with van der Waals surface area (Å²) in [5.41, 5.74) is 4.31. The van der Waals surface area contributed by atoms with Gasteiger partial charge in [-0.15, -0.1) is 0 Å². The Labute approximate surface area is 164 Å². The van der Waals surface area contributed by atoms with Gasteiger partial charge >= 0.3 is 6.03 Å². The number of fused-ring (bicyclic) bond motifs is 1. The number of nitrogens with one attached hydrogen (secondary N) is 2. The molecule has 2 aromatic carbocycles. The summed E-state index contributed by atoms with van der Waals surface area (Å²) in [6.45, 7) is 6.78. The Bertz CT molecular complexity index is 1030. The van der Waals surface area contributed by atoms with Crippen LogP contribution in [0.15, 0.2) is 54.7 Å². The van der Waals surface area contributed by atoms with Crippen LogP contribution in [0.5, 0.6) is 0 Å². The molecule has 0 radical (unpaired) electrons. The van der Waals surface area contributed by atoms with Crippen LogP contribution < -0.4 is 5.32 Å². The molecule has 0 aliphatic carbocycles. The third-order valence-corrected chi connectivity index (χ3v) is 5.37. The Morgan fingerprint density at radius 1 is 1.00 bits per heavy atom. The number of amides is 3. The lowest BCUT2D eigenvalue weighted by Crippen LogP contribution is -2.32. The van der Waals surface area contributed by atoms with Crippen LogP contribution in [-0.4, -0.2) is 27.9 Å². The van der Waals surface area contributed by atoms with Gasteiger partial charge in [-0.1, -0.05) is 63.2 Å². The largest absolute Gasteiger partial charge is 0.361 e. The molecule has 2 heterocycles. The van der Waals surface area contributed by atoms with Gasteiger partial charge in [-0.25, -0.2) is 4.79 Å². The minimum atomic E-state index is -0.527. The zero-order chi connectivity index (χ0) is 19.9. The van der Waals surface area contributed by atoms with E-state index >= 15 is 0 Å². The number of rotatable bonds is 4. The van der Waals surface area contributed by atoms with E-state index in [1.807, 2.05) is 42.6 Å². The maximum absolute atomic E-state index is 12.8. The number of para-hydroxylation sites is 1. The van der Waals surface area contributed by atoms with Crippen molar-refractivity contribution in [2.24, 2.45) is 0 Å². The van der Waals surface area contributed by atoms with Gasteiger partial charge in [0.1, 0.15) is 6.04 Å². The molecule has 0 spiro atoms. The third kappa shape index (κ3) is 3.40. The first kappa shape index (κ1) is 18.3. The first-order chi connectivity index (χ1) is 13.3. The van der Waals surface area contributed by atoms with Gasteiger partial charge in [0.25, 0.3) is 5.91 Å². The summed E-state index contributed by atoms with van der Waals surface area (Å²) in [4.78, 5) is 29.8. The number of urea groups is 1. The molecule has 1 aliphatic rings. The van der Waals surface area contributed by atoms with E-state index in [0.717, 1.165) is 22.0 Å². The normalized spacial score (nSPS) is 17.4. The number of hydrogen-bond donors (Lipinski definition) is 2. The summed E-state index contributed by atoms with van der Waals surface area (Å²) >= 11 is 0.